The lowest BCUT2D eigenvalue weighted by Gasteiger charge is -2.33. The number of imidazole rings is 1. The Morgan fingerprint density at radius 3 is 2.66 bits per heavy atom. The van der Waals surface area contributed by atoms with Gasteiger partial charge in [-0.15, -0.1) is 0 Å². The minimum Gasteiger partial charge on any atom is -0.466 e. The molecule has 2 aromatic heterocycles. The zero-order chi connectivity index (χ0) is 20.6. The molecule has 2 aromatic rings. The van der Waals surface area contributed by atoms with E-state index in [0.717, 1.165) is 55.6 Å². The molecule has 3 heterocycles. The van der Waals surface area contributed by atoms with E-state index in [2.05, 4.69) is 27.1 Å². The lowest BCUT2D eigenvalue weighted by molar-refractivity contribution is -0.149. The average molecular weight is 399 g/mol. The molecule has 1 fully saturated rings. The van der Waals surface area contributed by atoms with Crippen molar-refractivity contribution < 1.29 is 9.53 Å². The van der Waals surface area contributed by atoms with Gasteiger partial charge in [0, 0.05) is 38.2 Å². The second kappa shape index (κ2) is 10.0. The summed E-state index contributed by atoms with van der Waals surface area (Å²) in [6.45, 7) is 9.25. The van der Waals surface area contributed by atoms with Crippen LogP contribution in [0, 0.1) is 12.8 Å². The number of nitrogens with zero attached hydrogens (tertiary/aromatic N) is 5. The Bertz CT molecular complexity index is 822. The first-order valence-corrected chi connectivity index (χ1v) is 10.3. The van der Waals surface area contributed by atoms with E-state index in [1.807, 2.05) is 42.9 Å². The zero-order valence-corrected chi connectivity index (χ0v) is 17.5. The van der Waals surface area contributed by atoms with Gasteiger partial charge in [-0.25, -0.2) is 15.0 Å². The highest BCUT2D eigenvalue weighted by atomic mass is 16.5. The number of aryl methyl sites for hydroxylation is 1. The summed E-state index contributed by atoms with van der Waals surface area (Å²) in [6, 6.07) is 4.03. The molecule has 0 radical (unpaired) electrons. The van der Waals surface area contributed by atoms with Crippen molar-refractivity contribution in [3.63, 3.8) is 0 Å². The minimum absolute atomic E-state index is 0.00236. The van der Waals surface area contributed by atoms with E-state index >= 15 is 0 Å². The lowest BCUT2D eigenvalue weighted by atomic mass is 9.97. The smallest absolute Gasteiger partial charge is 0.309 e. The summed E-state index contributed by atoms with van der Waals surface area (Å²) >= 11 is 0. The van der Waals surface area contributed by atoms with Crippen molar-refractivity contribution in [1.29, 1.82) is 0 Å². The molecule has 1 aliphatic heterocycles. The maximum Gasteiger partial charge on any atom is 0.309 e. The monoisotopic (exact) mass is 398 g/mol. The number of carbonyl (C=O) groups excluding carboxylic acids is 1. The van der Waals surface area contributed by atoms with Gasteiger partial charge in [0.15, 0.2) is 5.96 Å². The van der Waals surface area contributed by atoms with Crippen molar-refractivity contribution in [2.45, 2.75) is 40.2 Å². The number of hydrogen-bond acceptors (Lipinski definition) is 5. The third-order valence-corrected chi connectivity index (χ3v) is 5.04. The number of guanidine groups is 1. The van der Waals surface area contributed by atoms with Gasteiger partial charge >= 0.3 is 5.97 Å². The minimum atomic E-state index is -0.0756. The standard InChI is InChI=1S/C21H30N6O2/c1-4-22-21(26-11-8-18(9-12-26)20(28)29-5-2)25-15-17-6-7-19(24-14-17)27-13-10-23-16(27)3/h6-7,10,13-14,18H,4-5,8-9,11-12,15H2,1-3H3,(H,22,25). The Labute approximate surface area is 172 Å². The maximum atomic E-state index is 11.9. The SMILES string of the molecule is CCNC(=NCc1ccc(-n2ccnc2C)nc1)N1CCC(C(=O)OCC)CC1. The molecular formula is C21H30N6O2. The van der Waals surface area contributed by atoms with Gasteiger partial charge in [-0.1, -0.05) is 6.07 Å². The van der Waals surface area contributed by atoms with Crippen molar-refractivity contribution in [1.82, 2.24) is 24.8 Å². The first-order chi connectivity index (χ1) is 14.1. The average Bonchev–Trinajstić information content (AvgIpc) is 3.18. The Morgan fingerprint density at radius 1 is 1.28 bits per heavy atom. The highest BCUT2D eigenvalue weighted by molar-refractivity contribution is 5.80. The maximum absolute atomic E-state index is 11.9. The number of aliphatic imine (C=N–C) groups is 1. The molecule has 0 saturated carbocycles. The van der Waals surface area contributed by atoms with Crippen molar-refractivity contribution in [3.8, 4) is 5.82 Å². The van der Waals surface area contributed by atoms with Gasteiger partial charge in [-0.3, -0.25) is 9.36 Å². The molecule has 8 nitrogen and oxygen atoms in total. The molecule has 0 amide bonds. The quantitative estimate of drug-likeness (QED) is 0.457. The van der Waals surface area contributed by atoms with Crippen molar-refractivity contribution in [2.75, 3.05) is 26.2 Å². The normalized spacial score (nSPS) is 15.4. The second-order valence-corrected chi connectivity index (χ2v) is 7.05. The van der Waals surface area contributed by atoms with Crippen LogP contribution in [0.4, 0.5) is 0 Å². The Balaban J connectivity index is 1.61. The third kappa shape index (κ3) is 5.34. The summed E-state index contributed by atoms with van der Waals surface area (Å²) in [7, 11) is 0. The second-order valence-electron chi connectivity index (χ2n) is 7.05. The molecule has 29 heavy (non-hydrogen) atoms. The van der Waals surface area contributed by atoms with E-state index in [9.17, 15) is 4.79 Å². The summed E-state index contributed by atoms with van der Waals surface area (Å²) in [5.41, 5.74) is 1.04. The highest BCUT2D eigenvalue weighted by Gasteiger charge is 2.27. The molecule has 0 spiro atoms. The topological polar surface area (TPSA) is 84.6 Å². The van der Waals surface area contributed by atoms with Crippen LogP contribution in [0.25, 0.3) is 5.82 Å². The first kappa shape index (κ1) is 20.8. The first-order valence-electron chi connectivity index (χ1n) is 10.3. The Hall–Kier alpha value is -2.90. The number of ether oxygens (including phenoxy) is 1. The van der Waals surface area contributed by atoms with Gasteiger partial charge in [0.1, 0.15) is 11.6 Å². The van der Waals surface area contributed by atoms with Crippen molar-refractivity contribution >= 4 is 11.9 Å². The Morgan fingerprint density at radius 2 is 2.07 bits per heavy atom. The fourth-order valence-electron chi connectivity index (χ4n) is 3.45. The highest BCUT2D eigenvalue weighted by Crippen LogP contribution is 2.19. The third-order valence-electron chi connectivity index (χ3n) is 5.04. The molecule has 156 valence electrons. The molecule has 1 aliphatic rings. The lowest BCUT2D eigenvalue weighted by Crippen LogP contribution is -2.46. The van der Waals surface area contributed by atoms with Crippen molar-refractivity contribution in [3.05, 3.63) is 42.1 Å². The molecule has 0 aromatic carbocycles. The summed E-state index contributed by atoms with van der Waals surface area (Å²) in [4.78, 5) is 27.7. The van der Waals surface area contributed by atoms with Crippen LogP contribution in [0.1, 0.15) is 38.1 Å². The number of rotatable bonds is 6. The molecule has 0 aliphatic carbocycles. The van der Waals surface area contributed by atoms with Gasteiger partial charge in [-0.05, 0) is 45.2 Å². The summed E-state index contributed by atoms with van der Waals surface area (Å²) < 4.78 is 7.11. The fraction of sp³-hybridized carbons (Fsp3) is 0.524. The number of carbonyl (C=O) groups is 1. The van der Waals surface area contributed by atoms with Crippen LogP contribution < -0.4 is 5.32 Å². The zero-order valence-electron chi connectivity index (χ0n) is 17.5. The van der Waals surface area contributed by atoms with Gasteiger partial charge < -0.3 is 15.0 Å². The van der Waals surface area contributed by atoms with Gasteiger partial charge in [0.25, 0.3) is 0 Å². The van der Waals surface area contributed by atoms with E-state index in [1.165, 1.54) is 0 Å². The molecule has 8 heteroatoms. The molecule has 0 bridgehead atoms. The van der Waals surface area contributed by atoms with E-state index in [1.54, 1.807) is 6.20 Å². The van der Waals surface area contributed by atoms with Gasteiger partial charge in [-0.2, -0.15) is 0 Å². The summed E-state index contributed by atoms with van der Waals surface area (Å²) in [6.07, 6.45) is 7.12. The molecular weight excluding hydrogens is 368 g/mol. The van der Waals surface area contributed by atoms with Crippen LogP contribution in [-0.2, 0) is 16.1 Å². The van der Waals surface area contributed by atoms with Gasteiger partial charge in [0.2, 0.25) is 0 Å². The van der Waals surface area contributed by atoms with Gasteiger partial charge in [0.05, 0.1) is 19.1 Å². The summed E-state index contributed by atoms with van der Waals surface area (Å²) in [5, 5.41) is 3.36. The summed E-state index contributed by atoms with van der Waals surface area (Å²) in [5.74, 6) is 2.56. The molecule has 1 N–H and O–H groups in total. The number of hydrogen-bond donors (Lipinski definition) is 1. The van der Waals surface area contributed by atoms with Crippen LogP contribution in [-0.4, -0.2) is 57.6 Å². The molecule has 1 saturated heterocycles. The van der Waals surface area contributed by atoms with Crippen LogP contribution in [0.2, 0.25) is 0 Å². The number of pyridine rings is 1. The van der Waals surface area contributed by atoms with E-state index < -0.39 is 0 Å². The van der Waals surface area contributed by atoms with Crippen LogP contribution in [0.15, 0.2) is 35.7 Å². The molecule has 0 atom stereocenters. The van der Waals surface area contributed by atoms with Crippen LogP contribution in [0.3, 0.4) is 0 Å². The predicted molar refractivity (Wildman–Crippen MR) is 112 cm³/mol. The van der Waals surface area contributed by atoms with E-state index in [-0.39, 0.29) is 11.9 Å². The van der Waals surface area contributed by atoms with Crippen LogP contribution in [0.5, 0.6) is 0 Å². The fourth-order valence-corrected chi connectivity index (χ4v) is 3.45. The number of likely N-dealkylation sites (tertiary alicyclic amines) is 1. The number of aromatic nitrogens is 3. The largest absolute Gasteiger partial charge is 0.466 e. The number of esters is 1. The Kier molecular flexibility index (Phi) is 7.21. The molecule has 3 rings (SSSR count). The number of nitrogens with one attached hydrogen (secondary N) is 1. The van der Waals surface area contributed by atoms with Crippen molar-refractivity contribution in [2.24, 2.45) is 10.9 Å². The molecule has 0 unspecified atom stereocenters. The van der Waals surface area contributed by atoms with Crippen LogP contribution >= 0.6 is 0 Å². The van der Waals surface area contributed by atoms with E-state index in [0.29, 0.717) is 13.2 Å². The van der Waals surface area contributed by atoms with E-state index in [4.69, 9.17) is 9.73 Å². The number of piperidine rings is 1. The predicted octanol–water partition coefficient (Wildman–Crippen LogP) is 2.32.